The van der Waals surface area contributed by atoms with Crippen LogP contribution in [0.1, 0.15) is 81.4 Å². The van der Waals surface area contributed by atoms with Crippen molar-refractivity contribution in [1.82, 2.24) is 19.6 Å². The van der Waals surface area contributed by atoms with Gasteiger partial charge in [-0.05, 0) is 162 Å². The molecule has 0 spiro atoms. The molecule has 3 aromatic heterocycles. The number of fused-ring (bicyclic) bond motifs is 9. The quantitative estimate of drug-likeness (QED) is 0.0578. The fourth-order valence-corrected chi connectivity index (χ4v) is 11.3. The van der Waals surface area contributed by atoms with Crippen molar-refractivity contribution in [3.8, 4) is 17.2 Å². The Morgan fingerprint density at radius 1 is 0.560 bits per heavy atom. The molecule has 17 heteroatoms. The molecule has 1 atom stereocenters. The van der Waals surface area contributed by atoms with Crippen LogP contribution >= 0.6 is 0 Å². The van der Waals surface area contributed by atoms with Gasteiger partial charge in [-0.3, -0.25) is 9.59 Å². The van der Waals surface area contributed by atoms with Crippen molar-refractivity contribution in [2.75, 3.05) is 92.8 Å². The summed E-state index contributed by atoms with van der Waals surface area (Å²) in [6, 6.07) is 30.2. The zero-order chi connectivity index (χ0) is 58.0. The number of carbonyl (C=O) groups is 2. The van der Waals surface area contributed by atoms with Gasteiger partial charge in [0.25, 0.3) is 0 Å². The maximum absolute atomic E-state index is 12.5. The predicted molar refractivity (Wildman–Crippen MR) is 322 cm³/mol. The van der Waals surface area contributed by atoms with E-state index in [1.807, 2.05) is 48.9 Å². The molecule has 12 rings (SSSR count). The van der Waals surface area contributed by atoms with E-state index in [4.69, 9.17) is 41.9 Å². The third kappa shape index (κ3) is 17.0. The van der Waals surface area contributed by atoms with Gasteiger partial charge < -0.3 is 54.9 Å². The van der Waals surface area contributed by atoms with Gasteiger partial charge in [0, 0.05) is 121 Å². The van der Waals surface area contributed by atoms with E-state index in [2.05, 4.69) is 90.0 Å². The van der Waals surface area contributed by atoms with E-state index in [1.165, 1.54) is 58.9 Å². The molecule has 2 aliphatic heterocycles. The standard InChI is InChI=1S/C26H30N2O4.C23H30N2O2.C15H14O2.2CO2.CH3.W/c1-27-10-12-28(13-11-27)9-2-14-31-20-5-7-21-18(15-20)3-8-25-26(21)23(17-32-25)22-6-4-19(29)16-24(22)30;1-3-5-19-17-27-22-9-6-18-16-20(7-8-21(18)23(19)22)26-15-4-10-25-13-11-24(2)12-14-25;1-2-3-11-9-17-14-7-4-10-8-12(16)5-6-13(10)15(11)14;2*2-1-3;;/h3,5,7-8,15,17,22H,2,4,6,9-14,16H2,1H3;6-9,16-17H,3-5,10-15H2,1-2H3;4-9,16H,2-3H2,1H3;;;1H3;/q;;;;;-1;. The Balaban J connectivity index is 0.000000197. The minimum atomic E-state index is -0.259. The number of Topliss-reactive ketones (excluding diaryl/α,β-unsaturated/α-hetero) is 2. The third-order valence-corrected chi connectivity index (χ3v) is 15.6. The van der Waals surface area contributed by atoms with Gasteiger partial charge in [0.05, 0.1) is 38.4 Å². The van der Waals surface area contributed by atoms with Gasteiger partial charge >= 0.3 is 12.3 Å². The van der Waals surface area contributed by atoms with E-state index in [9.17, 15) is 14.7 Å². The number of likely N-dealkylation sites (N-methyl/N-ethyl adjacent to an activating group) is 2. The van der Waals surface area contributed by atoms with Crippen LogP contribution < -0.4 is 9.47 Å². The maximum Gasteiger partial charge on any atom is 0.373 e. The first-order chi connectivity index (χ1) is 39.9. The number of phenols is 1. The van der Waals surface area contributed by atoms with E-state index < -0.39 is 0 Å². The number of ether oxygens (including phenoxy) is 2. The van der Waals surface area contributed by atoms with E-state index in [0.29, 0.717) is 25.2 Å². The van der Waals surface area contributed by atoms with Crippen molar-refractivity contribution < 1.29 is 77.7 Å². The Bertz CT molecular complexity index is 3640. The zero-order valence-corrected chi connectivity index (χ0v) is 51.9. The fraction of sp³-hybridized carbons (Fsp3) is 0.388. The molecule has 84 heavy (non-hydrogen) atoms. The van der Waals surface area contributed by atoms with Crippen molar-refractivity contribution in [2.24, 2.45) is 0 Å². The van der Waals surface area contributed by atoms with Crippen molar-refractivity contribution in [1.29, 1.82) is 0 Å². The summed E-state index contributed by atoms with van der Waals surface area (Å²) in [6.07, 6.45) is 13.4. The number of benzene rings is 6. The average molecular weight is 1310 g/mol. The van der Waals surface area contributed by atoms with Crippen LogP contribution in [0.5, 0.6) is 17.2 Å². The van der Waals surface area contributed by atoms with E-state index in [1.54, 1.807) is 18.4 Å². The summed E-state index contributed by atoms with van der Waals surface area (Å²) in [5, 5.41) is 19.7. The van der Waals surface area contributed by atoms with Crippen LogP contribution in [0.2, 0.25) is 0 Å². The van der Waals surface area contributed by atoms with Crippen LogP contribution in [-0.4, -0.2) is 141 Å². The number of phenolic OH excluding ortho intramolecular Hbond substituents is 1. The molecule has 1 aliphatic carbocycles. The summed E-state index contributed by atoms with van der Waals surface area (Å²) in [5.41, 5.74) is 6.14. The van der Waals surface area contributed by atoms with Crippen molar-refractivity contribution >= 4 is 89.1 Å². The van der Waals surface area contributed by atoms with Crippen molar-refractivity contribution in [2.45, 2.75) is 77.6 Å². The van der Waals surface area contributed by atoms with Crippen molar-refractivity contribution in [3.63, 3.8) is 0 Å². The number of aromatic hydroxyl groups is 1. The molecule has 1 unspecified atom stereocenters. The molecule has 9 aromatic rings. The first kappa shape index (κ1) is 65.9. The molecule has 5 heterocycles. The minimum absolute atomic E-state index is 0. The normalized spacial score (nSPS) is 15.7. The van der Waals surface area contributed by atoms with E-state index in [0.717, 1.165) is 145 Å². The second-order valence-corrected chi connectivity index (χ2v) is 21.3. The number of ketones is 2. The van der Waals surface area contributed by atoms with Gasteiger partial charge in [0.15, 0.2) is 0 Å². The summed E-state index contributed by atoms with van der Waals surface area (Å²) in [7, 11) is 4.37. The Labute approximate surface area is 505 Å². The van der Waals surface area contributed by atoms with Crippen LogP contribution in [0.15, 0.2) is 123 Å². The molecule has 3 aliphatic rings. The van der Waals surface area contributed by atoms with Gasteiger partial charge in [-0.1, -0.05) is 44.9 Å². The van der Waals surface area contributed by atoms with Gasteiger partial charge in [-0.25, -0.2) is 0 Å². The number of piperazine rings is 2. The SMILES string of the molecule is CCCc1coc2ccc3cc(O)ccc3c12.CCCc1coc2ccc3cc(OCCCN4CCN(C)CC4)ccc3c12.CN1CCN(CCCOc2ccc3c(ccc4occ(C5CCC(=O)CC5=O)c43)c2)CC1.O=C=O.O=C=O.[CH3-].[W]. The van der Waals surface area contributed by atoms with Crippen LogP contribution in [0.25, 0.3) is 65.2 Å². The molecule has 16 nitrogen and oxygen atoms in total. The van der Waals surface area contributed by atoms with Crippen LogP contribution in [0, 0.1) is 7.43 Å². The Kier molecular flexibility index (Phi) is 25.7. The van der Waals surface area contributed by atoms with Gasteiger partial charge in [0.1, 0.15) is 45.6 Å². The number of aryl methyl sites for hydroxylation is 2. The number of hydrogen-bond donors (Lipinski definition) is 1. The minimum Gasteiger partial charge on any atom is -0.508 e. The van der Waals surface area contributed by atoms with E-state index in [-0.39, 0.29) is 64.7 Å². The molecule has 6 aromatic carbocycles. The van der Waals surface area contributed by atoms with Crippen LogP contribution in [0.4, 0.5) is 0 Å². The molecule has 0 amide bonds. The smallest absolute Gasteiger partial charge is 0.373 e. The first-order valence-corrected chi connectivity index (χ1v) is 28.5. The zero-order valence-electron chi connectivity index (χ0n) is 49.0. The molecule has 0 radical (unpaired) electrons. The summed E-state index contributed by atoms with van der Waals surface area (Å²) in [6.45, 7) is 17.3. The fourth-order valence-electron chi connectivity index (χ4n) is 11.3. The first-order valence-electron chi connectivity index (χ1n) is 28.5. The number of furan rings is 3. The van der Waals surface area contributed by atoms with Crippen LogP contribution in [-0.2, 0) is 62.7 Å². The van der Waals surface area contributed by atoms with Gasteiger partial charge in [-0.15, -0.1) is 0 Å². The summed E-state index contributed by atoms with van der Waals surface area (Å²) >= 11 is 0. The molecular weight excluding hydrogens is 1240 g/mol. The molecule has 3 fully saturated rings. The van der Waals surface area contributed by atoms with Gasteiger partial charge in [0.2, 0.25) is 0 Å². The second-order valence-electron chi connectivity index (χ2n) is 21.3. The van der Waals surface area contributed by atoms with Crippen LogP contribution in [0.3, 0.4) is 0 Å². The number of carbonyl (C=O) groups excluding carboxylic acids is 6. The Morgan fingerprint density at radius 3 is 1.43 bits per heavy atom. The molecule has 1 N–H and O–H groups in total. The Morgan fingerprint density at radius 2 is 0.976 bits per heavy atom. The largest absolute Gasteiger partial charge is 0.508 e. The van der Waals surface area contributed by atoms with E-state index >= 15 is 0 Å². The van der Waals surface area contributed by atoms with Crippen molar-refractivity contribution in [3.05, 3.63) is 134 Å². The molecule has 0 bridgehead atoms. The van der Waals surface area contributed by atoms with Gasteiger partial charge in [-0.2, -0.15) is 19.2 Å². The molecule has 2 saturated heterocycles. The number of hydrogen-bond acceptors (Lipinski definition) is 16. The molecule has 444 valence electrons. The third-order valence-electron chi connectivity index (χ3n) is 15.6. The summed E-state index contributed by atoms with van der Waals surface area (Å²) < 4.78 is 29.2. The summed E-state index contributed by atoms with van der Waals surface area (Å²) in [5.74, 6) is 1.90. The maximum atomic E-state index is 12.5. The predicted octanol–water partition coefficient (Wildman–Crippen LogP) is 12.1. The second kappa shape index (κ2) is 32.7. The number of nitrogens with zero attached hydrogens (tertiary/aromatic N) is 4. The summed E-state index contributed by atoms with van der Waals surface area (Å²) in [4.78, 5) is 66.5. The topological polar surface area (TPSA) is 193 Å². The number of rotatable bonds is 15. The average Bonchev–Trinajstić information content (AvgIpc) is 2.44. The monoisotopic (exact) mass is 1310 g/mol. The molecule has 1 saturated carbocycles. The molecular formula is C67H77N4O12W-. The Hall–Kier alpha value is -7.25.